The minimum Gasteiger partial charge on any atom is -0.208 e. The van der Waals surface area contributed by atoms with Gasteiger partial charge >= 0.3 is 0 Å². The summed E-state index contributed by atoms with van der Waals surface area (Å²) >= 11 is 8.14. The van der Waals surface area contributed by atoms with Crippen LogP contribution in [0.1, 0.15) is 0 Å². The number of benzene rings is 5. The topological polar surface area (TPSA) is 38.7 Å². The summed E-state index contributed by atoms with van der Waals surface area (Å²) < 4.78 is 2.45. The second-order valence-electron chi connectivity index (χ2n) is 7.81. The third-order valence-electron chi connectivity index (χ3n) is 6.03. The number of thiophene rings is 1. The number of hydrogen-bond donors (Lipinski definition) is 0. The lowest BCUT2D eigenvalue weighted by atomic mass is 9.93. The fraction of sp³-hybridized carbons (Fsp3) is 0. The van der Waals surface area contributed by atoms with Gasteiger partial charge in [0.25, 0.3) is 0 Å². The number of hydrogen-bond acceptors (Lipinski definition) is 4. The van der Waals surface area contributed by atoms with Crippen molar-refractivity contribution in [2.45, 2.75) is 0 Å². The summed E-state index contributed by atoms with van der Waals surface area (Å²) in [7, 11) is 0. The number of nitrogens with zero attached hydrogens (tertiary/aromatic N) is 3. The van der Waals surface area contributed by atoms with Crippen molar-refractivity contribution < 1.29 is 0 Å². The van der Waals surface area contributed by atoms with Gasteiger partial charge < -0.3 is 0 Å². The molecule has 5 heteroatoms. The summed E-state index contributed by atoms with van der Waals surface area (Å²) in [5.74, 6) is 1.18. The molecule has 0 fully saturated rings. The SMILES string of the molecule is Clc1nc(-c2ccccc2)nc(-c2ccc3c4ccccc4c4cccc5sc2c3c54)n1. The summed E-state index contributed by atoms with van der Waals surface area (Å²) in [6, 6.07) is 29.4. The number of fused-ring (bicyclic) bond motifs is 3. The predicted octanol–water partition coefficient (Wildman–Crippen LogP) is 7.97. The molecule has 2 heterocycles. The van der Waals surface area contributed by atoms with Crippen molar-refractivity contribution in [2.24, 2.45) is 0 Å². The lowest BCUT2D eigenvalue weighted by Crippen LogP contribution is -1.97. The van der Waals surface area contributed by atoms with E-state index in [0.717, 1.165) is 11.1 Å². The van der Waals surface area contributed by atoms with Crippen LogP contribution in [-0.2, 0) is 0 Å². The van der Waals surface area contributed by atoms with E-state index in [2.05, 4.69) is 64.6 Å². The minimum absolute atomic E-state index is 0.199. The molecule has 2 aromatic heterocycles. The lowest BCUT2D eigenvalue weighted by Gasteiger charge is -2.11. The van der Waals surface area contributed by atoms with Crippen LogP contribution in [0.15, 0.2) is 84.9 Å². The summed E-state index contributed by atoms with van der Waals surface area (Å²) in [5, 5.41) is 7.88. The van der Waals surface area contributed by atoms with E-state index < -0.39 is 0 Å². The predicted molar refractivity (Wildman–Crippen MR) is 135 cm³/mol. The van der Waals surface area contributed by atoms with E-state index in [9.17, 15) is 0 Å². The van der Waals surface area contributed by atoms with Gasteiger partial charge in [-0.2, -0.15) is 9.97 Å². The first-order chi connectivity index (χ1) is 15.8. The van der Waals surface area contributed by atoms with Crippen LogP contribution in [0.5, 0.6) is 0 Å². The molecule has 7 aromatic rings. The highest BCUT2D eigenvalue weighted by Gasteiger charge is 2.20. The quantitative estimate of drug-likeness (QED) is 0.252. The van der Waals surface area contributed by atoms with Crippen LogP contribution >= 0.6 is 22.9 Å². The molecule has 0 spiro atoms. The van der Waals surface area contributed by atoms with Crippen molar-refractivity contribution in [1.29, 1.82) is 0 Å². The molecular weight excluding hydrogens is 434 g/mol. The second kappa shape index (κ2) is 6.70. The standard InChI is InChI=1S/C27H14ClN3S/c28-27-30-25(15-7-2-1-3-8-15)29-26(31-27)20-14-13-19-17-10-5-4-9-16(17)18-11-6-12-21-22(18)23(19)24(20)32-21/h1-14H. The van der Waals surface area contributed by atoms with E-state index in [-0.39, 0.29) is 5.28 Å². The normalized spacial score (nSPS) is 11.9. The van der Waals surface area contributed by atoms with E-state index >= 15 is 0 Å². The summed E-state index contributed by atoms with van der Waals surface area (Å²) in [6.07, 6.45) is 0. The van der Waals surface area contributed by atoms with E-state index in [1.54, 1.807) is 11.3 Å². The van der Waals surface area contributed by atoms with Gasteiger partial charge in [-0.1, -0.05) is 72.8 Å². The first-order valence-electron chi connectivity index (χ1n) is 10.3. The van der Waals surface area contributed by atoms with Crippen molar-refractivity contribution in [3.8, 4) is 22.8 Å². The fourth-order valence-corrected chi connectivity index (χ4v) is 6.11. The molecule has 0 radical (unpaired) electrons. The van der Waals surface area contributed by atoms with Gasteiger partial charge in [0.05, 0.1) is 0 Å². The zero-order valence-corrected chi connectivity index (χ0v) is 18.3. The maximum atomic E-state index is 6.36. The molecule has 0 saturated heterocycles. The van der Waals surface area contributed by atoms with Gasteiger partial charge in [0, 0.05) is 31.3 Å². The largest absolute Gasteiger partial charge is 0.226 e. The molecule has 5 aromatic carbocycles. The summed E-state index contributed by atoms with van der Waals surface area (Å²) in [5.41, 5.74) is 1.90. The third-order valence-corrected chi connectivity index (χ3v) is 7.39. The van der Waals surface area contributed by atoms with Crippen molar-refractivity contribution in [2.75, 3.05) is 0 Å². The zero-order chi connectivity index (χ0) is 21.2. The summed E-state index contributed by atoms with van der Waals surface area (Å²) in [4.78, 5) is 13.7. The Balaban J connectivity index is 1.59. The maximum absolute atomic E-state index is 6.36. The Hall–Kier alpha value is -3.60. The Bertz CT molecular complexity index is 1790. The molecule has 32 heavy (non-hydrogen) atoms. The Morgan fingerprint density at radius 2 is 1.25 bits per heavy atom. The highest BCUT2D eigenvalue weighted by molar-refractivity contribution is 7.26. The van der Waals surface area contributed by atoms with Crippen LogP contribution in [-0.4, -0.2) is 15.0 Å². The number of halogens is 1. The van der Waals surface area contributed by atoms with Gasteiger partial charge in [-0.15, -0.1) is 11.3 Å². The molecule has 0 atom stereocenters. The van der Waals surface area contributed by atoms with E-state index in [0.29, 0.717) is 11.6 Å². The molecule has 0 aliphatic rings. The molecule has 0 bridgehead atoms. The third kappa shape index (κ3) is 2.51. The Labute approximate surface area is 192 Å². The maximum Gasteiger partial charge on any atom is 0.226 e. The average molecular weight is 448 g/mol. The molecule has 0 aliphatic carbocycles. The highest BCUT2D eigenvalue weighted by Crippen LogP contribution is 2.47. The van der Waals surface area contributed by atoms with Crippen molar-refractivity contribution >= 4 is 64.7 Å². The van der Waals surface area contributed by atoms with Crippen molar-refractivity contribution in [3.63, 3.8) is 0 Å². The summed E-state index contributed by atoms with van der Waals surface area (Å²) in [6.45, 7) is 0. The van der Waals surface area contributed by atoms with Crippen LogP contribution in [0.25, 0.3) is 64.5 Å². The Morgan fingerprint density at radius 3 is 2.06 bits per heavy atom. The van der Waals surface area contributed by atoms with E-state index in [1.807, 2.05) is 30.3 Å². The van der Waals surface area contributed by atoms with Crippen molar-refractivity contribution in [1.82, 2.24) is 15.0 Å². The molecule has 0 unspecified atom stereocenters. The molecule has 3 nitrogen and oxygen atoms in total. The van der Waals surface area contributed by atoms with E-state index in [1.165, 1.54) is 41.7 Å². The highest BCUT2D eigenvalue weighted by atomic mass is 35.5. The average Bonchev–Trinajstić information content (AvgIpc) is 3.24. The van der Waals surface area contributed by atoms with Gasteiger partial charge in [-0.05, 0) is 45.3 Å². The molecule has 150 valence electrons. The molecule has 7 rings (SSSR count). The monoisotopic (exact) mass is 447 g/mol. The molecule has 0 saturated carbocycles. The first-order valence-corrected chi connectivity index (χ1v) is 11.5. The van der Waals surface area contributed by atoms with Crippen LogP contribution in [0.4, 0.5) is 0 Å². The second-order valence-corrected chi connectivity index (χ2v) is 9.20. The first kappa shape index (κ1) is 18.0. The fourth-order valence-electron chi connectivity index (χ4n) is 4.69. The molecular formula is C27H14ClN3S. The van der Waals surface area contributed by atoms with Gasteiger partial charge in [-0.3, -0.25) is 0 Å². The molecule has 0 amide bonds. The van der Waals surface area contributed by atoms with Gasteiger partial charge in [0.1, 0.15) is 0 Å². The number of rotatable bonds is 2. The zero-order valence-electron chi connectivity index (χ0n) is 16.7. The molecule has 0 N–H and O–H groups in total. The van der Waals surface area contributed by atoms with Crippen LogP contribution in [0, 0.1) is 0 Å². The number of aromatic nitrogens is 3. The van der Waals surface area contributed by atoms with Crippen LogP contribution < -0.4 is 0 Å². The van der Waals surface area contributed by atoms with Gasteiger partial charge in [-0.25, -0.2) is 4.98 Å². The van der Waals surface area contributed by atoms with Crippen molar-refractivity contribution in [3.05, 3.63) is 90.2 Å². The van der Waals surface area contributed by atoms with Crippen LogP contribution in [0.2, 0.25) is 5.28 Å². The lowest BCUT2D eigenvalue weighted by molar-refractivity contribution is 1.07. The van der Waals surface area contributed by atoms with Gasteiger partial charge in [0.2, 0.25) is 5.28 Å². The smallest absolute Gasteiger partial charge is 0.208 e. The van der Waals surface area contributed by atoms with Gasteiger partial charge in [0.15, 0.2) is 11.6 Å². The van der Waals surface area contributed by atoms with E-state index in [4.69, 9.17) is 16.6 Å². The Morgan fingerprint density at radius 1 is 0.562 bits per heavy atom. The Kier molecular flexibility index (Phi) is 3.77. The molecule has 0 aliphatic heterocycles. The van der Waals surface area contributed by atoms with Crippen LogP contribution in [0.3, 0.4) is 0 Å². The minimum atomic E-state index is 0.199.